The van der Waals surface area contributed by atoms with Crippen molar-refractivity contribution in [2.24, 2.45) is 0 Å². The van der Waals surface area contributed by atoms with E-state index in [0.717, 1.165) is 9.69 Å². The van der Waals surface area contributed by atoms with Gasteiger partial charge in [0, 0.05) is 5.39 Å². The summed E-state index contributed by atoms with van der Waals surface area (Å²) in [6.45, 7) is 2.19. The monoisotopic (exact) mass is 309 g/mol. The van der Waals surface area contributed by atoms with Gasteiger partial charge in [-0.3, -0.25) is 8.86 Å². The molecule has 0 aromatic heterocycles. The molecule has 1 unspecified atom stereocenters. The van der Waals surface area contributed by atoms with Gasteiger partial charge in [-0.15, -0.1) is 0 Å². The standard InChI is InChI=1S/C13H16BNO5S/c1-2-20-12-8-7-10-5-3-4-6-11(10)13(12)15(21(18)19)9-14(16)17/h3-8,16-17H,2,9H2,1H3,(H,18,19). The van der Waals surface area contributed by atoms with Crippen LogP contribution in [0.3, 0.4) is 0 Å². The zero-order valence-electron chi connectivity index (χ0n) is 11.5. The van der Waals surface area contributed by atoms with Crippen LogP contribution in [0.4, 0.5) is 5.69 Å². The largest absolute Gasteiger partial charge is 0.492 e. The molecule has 0 saturated heterocycles. The first-order chi connectivity index (χ1) is 10.0. The molecular weight excluding hydrogens is 293 g/mol. The summed E-state index contributed by atoms with van der Waals surface area (Å²) in [4.78, 5) is 0. The molecule has 0 amide bonds. The van der Waals surface area contributed by atoms with E-state index in [4.69, 9.17) is 14.8 Å². The van der Waals surface area contributed by atoms with Crippen LogP contribution in [0.5, 0.6) is 5.75 Å². The first-order valence-electron chi connectivity index (χ1n) is 6.43. The van der Waals surface area contributed by atoms with Crippen LogP contribution < -0.4 is 9.04 Å². The molecule has 0 saturated carbocycles. The van der Waals surface area contributed by atoms with Crippen LogP contribution >= 0.6 is 0 Å². The van der Waals surface area contributed by atoms with E-state index in [-0.39, 0.29) is 0 Å². The van der Waals surface area contributed by atoms with E-state index < -0.39 is 24.8 Å². The molecule has 0 aliphatic rings. The van der Waals surface area contributed by atoms with E-state index >= 15 is 0 Å². The zero-order valence-corrected chi connectivity index (χ0v) is 12.3. The fourth-order valence-corrected chi connectivity index (χ4v) is 2.75. The minimum atomic E-state index is -2.41. The van der Waals surface area contributed by atoms with Gasteiger partial charge in [-0.2, -0.15) is 0 Å². The Morgan fingerprint density at radius 3 is 2.57 bits per heavy atom. The summed E-state index contributed by atoms with van der Waals surface area (Å²) in [5.41, 5.74) is 0.365. The van der Waals surface area contributed by atoms with Gasteiger partial charge in [0.1, 0.15) is 11.4 Å². The second-order valence-corrected chi connectivity index (χ2v) is 5.24. The molecule has 2 aromatic carbocycles. The van der Waals surface area contributed by atoms with Crippen molar-refractivity contribution in [2.45, 2.75) is 6.92 Å². The van der Waals surface area contributed by atoms with Crippen LogP contribution in [0.2, 0.25) is 0 Å². The van der Waals surface area contributed by atoms with E-state index in [1.165, 1.54) is 0 Å². The Morgan fingerprint density at radius 2 is 1.95 bits per heavy atom. The highest BCUT2D eigenvalue weighted by molar-refractivity contribution is 7.80. The normalized spacial score (nSPS) is 12.2. The zero-order chi connectivity index (χ0) is 15.4. The third kappa shape index (κ3) is 3.54. The first kappa shape index (κ1) is 15.8. The molecule has 6 nitrogen and oxygen atoms in total. The van der Waals surface area contributed by atoms with Gasteiger partial charge in [-0.25, -0.2) is 4.21 Å². The molecule has 21 heavy (non-hydrogen) atoms. The van der Waals surface area contributed by atoms with Crippen molar-refractivity contribution < 1.29 is 23.5 Å². The minimum absolute atomic E-state index is 0.365. The number of nitrogens with zero attached hydrogens (tertiary/aromatic N) is 1. The van der Waals surface area contributed by atoms with Crippen molar-refractivity contribution >= 4 is 34.8 Å². The number of anilines is 1. The maximum absolute atomic E-state index is 11.6. The maximum Gasteiger partial charge on any atom is 0.473 e. The lowest BCUT2D eigenvalue weighted by atomic mass is 9.92. The van der Waals surface area contributed by atoms with Crippen molar-refractivity contribution in [3.8, 4) is 5.75 Å². The van der Waals surface area contributed by atoms with Gasteiger partial charge in [-0.1, -0.05) is 30.3 Å². The van der Waals surface area contributed by atoms with Crippen molar-refractivity contribution in [2.75, 3.05) is 17.4 Å². The number of benzene rings is 2. The maximum atomic E-state index is 11.6. The lowest BCUT2D eigenvalue weighted by Crippen LogP contribution is -2.37. The van der Waals surface area contributed by atoms with Gasteiger partial charge in [0.15, 0.2) is 0 Å². The van der Waals surface area contributed by atoms with Crippen molar-refractivity contribution in [3.63, 3.8) is 0 Å². The highest BCUT2D eigenvalue weighted by Crippen LogP contribution is 2.37. The predicted octanol–water partition coefficient (Wildman–Crippen LogP) is 1.19. The Kier molecular flexibility index (Phi) is 5.19. The van der Waals surface area contributed by atoms with Crippen LogP contribution in [0, 0.1) is 0 Å². The van der Waals surface area contributed by atoms with Crippen LogP contribution in [0.1, 0.15) is 6.92 Å². The van der Waals surface area contributed by atoms with Gasteiger partial charge < -0.3 is 14.8 Å². The fraction of sp³-hybridized carbons (Fsp3) is 0.231. The number of ether oxygens (including phenoxy) is 1. The van der Waals surface area contributed by atoms with Crippen LogP contribution in [-0.2, 0) is 11.3 Å². The van der Waals surface area contributed by atoms with Crippen LogP contribution in [-0.4, -0.2) is 39.0 Å². The molecule has 0 heterocycles. The van der Waals surface area contributed by atoms with Crippen molar-refractivity contribution in [1.29, 1.82) is 0 Å². The summed E-state index contributed by atoms with van der Waals surface area (Å²) in [6, 6.07) is 10.9. The van der Waals surface area contributed by atoms with E-state index in [1.807, 2.05) is 18.2 Å². The number of hydrogen-bond donors (Lipinski definition) is 3. The van der Waals surface area contributed by atoms with Crippen LogP contribution in [0.25, 0.3) is 10.8 Å². The summed E-state index contributed by atoms with van der Waals surface area (Å²) in [7, 11) is -1.74. The average molecular weight is 309 g/mol. The second-order valence-electron chi connectivity index (χ2n) is 4.34. The van der Waals surface area contributed by atoms with Gasteiger partial charge in [-0.05, 0) is 18.4 Å². The molecule has 1 atom stereocenters. The molecule has 3 N–H and O–H groups in total. The third-order valence-corrected chi connectivity index (χ3v) is 3.64. The molecule has 0 aliphatic carbocycles. The molecule has 0 aliphatic heterocycles. The van der Waals surface area contributed by atoms with E-state index in [0.29, 0.717) is 23.4 Å². The van der Waals surface area contributed by atoms with Gasteiger partial charge in [0.05, 0.1) is 13.1 Å². The molecule has 0 spiro atoms. The summed E-state index contributed by atoms with van der Waals surface area (Å²) < 4.78 is 27.6. The van der Waals surface area contributed by atoms with Crippen LogP contribution in [0.15, 0.2) is 36.4 Å². The topological polar surface area (TPSA) is 90.2 Å². The lowest BCUT2D eigenvalue weighted by molar-refractivity contribution is 0.341. The quantitative estimate of drug-likeness (QED) is 0.551. The van der Waals surface area contributed by atoms with Gasteiger partial charge in [0.2, 0.25) is 0 Å². The van der Waals surface area contributed by atoms with Crippen molar-refractivity contribution in [3.05, 3.63) is 36.4 Å². The Morgan fingerprint density at radius 1 is 1.24 bits per heavy atom. The lowest BCUT2D eigenvalue weighted by Gasteiger charge is -2.24. The highest BCUT2D eigenvalue weighted by atomic mass is 32.2. The summed E-state index contributed by atoms with van der Waals surface area (Å²) >= 11 is -2.41. The second kappa shape index (κ2) is 6.90. The predicted molar refractivity (Wildman–Crippen MR) is 83.4 cm³/mol. The SMILES string of the molecule is CCOc1ccc2ccccc2c1N(CB(O)O)S(=O)O. The van der Waals surface area contributed by atoms with Gasteiger partial charge in [0.25, 0.3) is 11.3 Å². The number of rotatable bonds is 6. The molecule has 112 valence electrons. The third-order valence-electron chi connectivity index (χ3n) is 2.93. The van der Waals surface area contributed by atoms with Gasteiger partial charge >= 0.3 is 7.12 Å². The average Bonchev–Trinajstić information content (AvgIpc) is 2.45. The molecule has 0 radical (unpaired) electrons. The number of fused-ring (bicyclic) bond motifs is 1. The summed E-state index contributed by atoms with van der Waals surface area (Å²) in [5, 5.41) is 19.9. The fourth-order valence-electron chi connectivity index (χ4n) is 2.15. The molecule has 0 bridgehead atoms. The molecular formula is C13H16BNO5S. The molecule has 2 aromatic rings. The Balaban J connectivity index is 2.66. The molecule has 8 heteroatoms. The van der Waals surface area contributed by atoms with E-state index in [2.05, 4.69) is 0 Å². The smallest absolute Gasteiger partial charge is 0.473 e. The Bertz CT molecular complexity index is 651. The molecule has 0 fully saturated rings. The first-order valence-corrected chi connectivity index (χ1v) is 7.50. The van der Waals surface area contributed by atoms with Crippen molar-refractivity contribution in [1.82, 2.24) is 0 Å². The Labute approximate surface area is 125 Å². The highest BCUT2D eigenvalue weighted by Gasteiger charge is 2.24. The van der Waals surface area contributed by atoms with E-state index in [9.17, 15) is 8.76 Å². The Hall–Kier alpha value is -1.61. The summed E-state index contributed by atoms with van der Waals surface area (Å²) in [6.07, 6.45) is -0.406. The summed E-state index contributed by atoms with van der Waals surface area (Å²) in [5.74, 6) is 0.416. The van der Waals surface area contributed by atoms with E-state index in [1.54, 1.807) is 25.1 Å². The minimum Gasteiger partial charge on any atom is -0.492 e. The molecule has 2 rings (SSSR count). The number of hydrogen-bond acceptors (Lipinski definition) is 4.